The summed E-state index contributed by atoms with van der Waals surface area (Å²) in [5.41, 5.74) is 0.852. The molecule has 60 valence electrons. The summed E-state index contributed by atoms with van der Waals surface area (Å²) >= 11 is 3.16. The molecule has 0 aliphatic heterocycles. The first-order valence-electron chi connectivity index (χ1n) is 3.24. The lowest BCUT2D eigenvalue weighted by Gasteiger charge is -2.14. The Kier molecular flexibility index (Phi) is 2.49. The van der Waals surface area contributed by atoms with Crippen molar-refractivity contribution < 1.29 is 4.39 Å². The maximum Gasteiger partial charge on any atom is 0.139 e. The molecule has 0 bridgehead atoms. The van der Waals surface area contributed by atoms with E-state index in [2.05, 4.69) is 15.9 Å². The van der Waals surface area contributed by atoms with E-state index in [1.165, 1.54) is 6.07 Å². The topological polar surface area (TPSA) is 3.24 Å². The number of halogens is 2. The van der Waals surface area contributed by atoms with Crippen LogP contribution in [0.15, 0.2) is 22.7 Å². The van der Waals surface area contributed by atoms with Crippen LogP contribution in [0.4, 0.5) is 10.1 Å². The van der Waals surface area contributed by atoms with Crippen LogP contribution in [0.2, 0.25) is 0 Å². The molecule has 3 heteroatoms. The van der Waals surface area contributed by atoms with E-state index in [9.17, 15) is 4.39 Å². The molecule has 0 aliphatic rings. The Bertz CT molecular complexity index is 260. The van der Waals surface area contributed by atoms with Gasteiger partial charge in [0.25, 0.3) is 0 Å². The molecule has 0 N–H and O–H groups in total. The number of anilines is 1. The number of nitrogens with zero attached hydrogens (tertiary/aromatic N) is 1. The van der Waals surface area contributed by atoms with Gasteiger partial charge in [-0.25, -0.2) is 4.39 Å². The van der Waals surface area contributed by atoms with E-state index in [1.54, 1.807) is 6.07 Å². The zero-order chi connectivity index (χ0) is 8.43. The average Bonchev–Trinajstić information content (AvgIpc) is 1.94. The highest BCUT2D eigenvalue weighted by Crippen LogP contribution is 2.26. The van der Waals surface area contributed by atoms with Gasteiger partial charge in [0, 0.05) is 14.1 Å². The number of rotatable bonds is 1. The van der Waals surface area contributed by atoms with Crippen LogP contribution in [0.1, 0.15) is 0 Å². The Hall–Kier alpha value is -0.570. The van der Waals surface area contributed by atoms with Crippen LogP contribution >= 0.6 is 15.9 Å². The fourth-order valence-corrected chi connectivity index (χ4v) is 1.46. The largest absolute Gasteiger partial charge is 0.377 e. The van der Waals surface area contributed by atoms with E-state index in [1.807, 2.05) is 25.1 Å². The Labute approximate surface area is 74.0 Å². The summed E-state index contributed by atoms with van der Waals surface area (Å²) in [4.78, 5) is 1.85. The number of hydrogen-bond donors (Lipinski definition) is 0. The van der Waals surface area contributed by atoms with Crippen LogP contribution < -0.4 is 4.90 Å². The van der Waals surface area contributed by atoms with Crippen molar-refractivity contribution >= 4 is 21.6 Å². The second-order valence-corrected chi connectivity index (χ2v) is 3.26. The van der Waals surface area contributed by atoms with Gasteiger partial charge in [-0.1, -0.05) is 6.07 Å². The van der Waals surface area contributed by atoms with Crippen molar-refractivity contribution in [3.63, 3.8) is 0 Å². The molecule has 1 aromatic rings. The predicted octanol–water partition coefficient (Wildman–Crippen LogP) is 2.65. The Morgan fingerprint density at radius 2 is 2.00 bits per heavy atom. The molecule has 11 heavy (non-hydrogen) atoms. The minimum absolute atomic E-state index is 0.226. The number of benzene rings is 1. The summed E-state index contributed by atoms with van der Waals surface area (Å²) in [5.74, 6) is -0.226. The van der Waals surface area contributed by atoms with Crippen LogP contribution in [0.5, 0.6) is 0 Å². The van der Waals surface area contributed by atoms with E-state index in [4.69, 9.17) is 0 Å². The lowest BCUT2D eigenvalue weighted by molar-refractivity contribution is 0.621. The van der Waals surface area contributed by atoms with Gasteiger partial charge in [-0.2, -0.15) is 0 Å². The van der Waals surface area contributed by atoms with Gasteiger partial charge in [0.05, 0.1) is 10.2 Å². The van der Waals surface area contributed by atoms with E-state index < -0.39 is 0 Å². The van der Waals surface area contributed by atoms with Crippen molar-refractivity contribution in [2.45, 2.75) is 0 Å². The molecule has 0 fully saturated rings. The van der Waals surface area contributed by atoms with Crippen LogP contribution in [0, 0.1) is 5.82 Å². The molecule has 0 spiro atoms. The van der Waals surface area contributed by atoms with Gasteiger partial charge in [-0.05, 0) is 28.1 Å². The first-order chi connectivity index (χ1) is 5.13. The third-order valence-electron chi connectivity index (χ3n) is 1.41. The lowest BCUT2D eigenvalue weighted by Crippen LogP contribution is -2.09. The normalized spacial score (nSPS) is 9.82. The predicted molar refractivity (Wildman–Crippen MR) is 48.4 cm³/mol. The van der Waals surface area contributed by atoms with E-state index in [0.29, 0.717) is 4.47 Å². The van der Waals surface area contributed by atoms with Crippen LogP contribution in [-0.2, 0) is 0 Å². The van der Waals surface area contributed by atoms with E-state index in [0.717, 1.165) is 5.69 Å². The molecule has 0 aromatic heterocycles. The lowest BCUT2D eigenvalue weighted by atomic mass is 10.3. The monoisotopic (exact) mass is 217 g/mol. The van der Waals surface area contributed by atoms with Crippen LogP contribution in [0.25, 0.3) is 0 Å². The van der Waals surface area contributed by atoms with Gasteiger partial charge in [-0.15, -0.1) is 0 Å². The fraction of sp³-hybridized carbons (Fsp3) is 0.250. The van der Waals surface area contributed by atoms with Crippen LogP contribution in [-0.4, -0.2) is 14.1 Å². The van der Waals surface area contributed by atoms with E-state index >= 15 is 0 Å². The molecule has 0 amide bonds. The third-order valence-corrected chi connectivity index (χ3v) is 2.20. The van der Waals surface area contributed by atoms with Gasteiger partial charge in [-0.3, -0.25) is 0 Å². The summed E-state index contributed by atoms with van der Waals surface area (Å²) in [6, 6.07) is 4.97. The zero-order valence-electron chi connectivity index (χ0n) is 6.44. The van der Waals surface area contributed by atoms with Gasteiger partial charge in [0.15, 0.2) is 0 Å². The summed E-state index contributed by atoms with van der Waals surface area (Å²) in [7, 11) is 3.75. The van der Waals surface area contributed by atoms with Crippen molar-refractivity contribution in [1.82, 2.24) is 0 Å². The molecule has 0 saturated carbocycles. The summed E-state index contributed by atoms with van der Waals surface area (Å²) < 4.78 is 13.4. The first kappa shape index (κ1) is 8.53. The Balaban J connectivity index is 3.17. The first-order valence-corrected chi connectivity index (χ1v) is 4.03. The van der Waals surface area contributed by atoms with Gasteiger partial charge in [0.2, 0.25) is 0 Å². The smallest absolute Gasteiger partial charge is 0.139 e. The molecule has 0 aliphatic carbocycles. The third kappa shape index (κ3) is 1.71. The van der Waals surface area contributed by atoms with Crippen molar-refractivity contribution in [2.75, 3.05) is 19.0 Å². The summed E-state index contributed by atoms with van der Waals surface area (Å²) in [5, 5.41) is 0. The van der Waals surface area contributed by atoms with E-state index in [-0.39, 0.29) is 5.82 Å². The van der Waals surface area contributed by atoms with Crippen molar-refractivity contribution in [2.24, 2.45) is 0 Å². The quantitative estimate of drug-likeness (QED) is 0.700. The van der Waals surface area contributed by atoms with Gasteiger partial charge in [0.1, 0.15) is 5.82 Å². The molecular weight excluding hydrogens is 209 g/mol. The highest BCUT2D eigenvalue weighted by molar-refractivity contribution is 9.10. The second kappa shape index (κ2) is 3.22. The average molecular weight is 218 g/mol. The van der Waals surface area contributed by atoms with Crippen molar-refractivity contribution in [3.8, 4) is 0 Å². The highest BCUT2D eigenvalue weighted by Gasteiger charge is 2.05. The van der Waals surface area contributed by atoms with Gasteiger partial charge >= 0.3 is 0 Å². The summed E-state index contributed by atoms with van der Waals surface area (Å²) in [6.45, 7) is 0. The maximum atomic E-state index is 12.9. The minimum Gasteiger partial charge on any atom is -0.377 e. The van der Waals surface area contributed by atoms with Crippen LogP contribution in [0.3, 0.4) is 0 Å². The molecule has 0 radical (unpaired) electrons. The van der Waals surface area contributed by atoms with Gasteiger partial charge < -0.3 is 4.90 Å². The standard InChI is InChI=1S/C8H9BrFN/c1-11(2)7-5-3-4-6(10)8(7)9/h3-5H,1-2H3. The zero-order valence-corrected chi connectivity index (χ0v) is 8.02. The molecule has 1 nitrogen and oxygen atoms in total. The molecule has 0 saturated heterocycles. The minimum atomic E-state index is -0.226. The molecule has 0 atom stereocenters. The SMILES string of the molecule is CN(C)c1cccc(F)c1Br. The fourth-order valence-electron chi connectivity index (χ4n) is 0.838. The molecule has 0 heterocycles. The second-order valence-electron chi connectivity index (χ2n) is 2.47. The molecule has 0 unspecified atom stereocenters. The Morgan fingerprint density at radius 3 is 2.45 bits per heavy atom. The number of hydrogen-bond acceptors (Lipinski definition) is 1. The Morgan fingerprint density at radius 1 is 1.36 bits per heavy atom. The highest BCUT2D eigenvalue weighted by atomic mass is 79.9. The van der Waals surface area contributed by atoms with Crippen molar-refractivity contribution in [3.05, 3.63) is 28.5 Å². The van der Waals surface area contributed by atoms with Crippen molar-refractivity contribution in [1.29, 1.82) is 0 Å². The molecular formula is C8H9BrFN. The molecule has 1 aromatic carbocycles. The molecule has 1 rings (SSSR count). The maximum absolute atomic E-state index is 12.9. The summed E-state index contributed by atoms with van der Waals surface area (Å²) in [6.07, 6.45) is 0.